The summed E-state index contributed by atoms with van der Waals surface area (Å²) in [6.45, 7) is 5.87. The molecule has 0 N–H and O–H groups in total. The standard InChI is InChI=1S/C13H17FO3S/c1-9-7-11(5-6-12(9)14)18(16,17)13(3,4)8-10(2)15/h5-7H,8H2,1-4H3. The van der Waals surface area contributed by atoms with E-state index < -0.39 is 20.4 Å². The van der Waals surface area contributed by atoms with Crippen molar-refractivity contribution in [1.82, 2.24) is 0 Å². The Bertz CT molecular complexity index is 574. The highest BCUT2D eigenvalue weighted by atomic mass is 32.2. The molecule has 1 aromatic rings. The van der Waals surface area contributed by atoms with Gasteiger partial charge in [0.2, 0.25) is 0 Å². The lowest BCUT2D eigenvalue weighted by Gasteiger charge is -2.23. The van der Waals surface area contributed by atoms with Crippen LogP contribution in [0.25, 0.3) is 0 Å². The Morgan fingerprint density at radius 1 is 1.33 bits per heavy atom. The topological polar surface area (TPSA) is 51.2 Å². The molecule has 0 spiro atoms. The zero-order chi connectivity index (χ0) is 14.1. The van der Waals surface area contributed by atoms with E-state index in [1.165, 1.54) is 39.8 Å². The van der Waals surface area contributed by atoms with Crippen molar-refractivity contribution in [3.8, 4) is 0 Å². The van der Waals surface area contributed by atoms with E-state index in [-0.39, 0.29) is 22.7 Å². The van der Waals surface area contributed by atoms with Crippen molar-refractivity contribution in [3.63, 3.8) is 0 Å². The molecule has 0 aliphatic carbocycles. The highest BCUT2D eigenvalue weighted by molar-refractivity contribution is 7.92. The molecule has 0 fully saturated rings. The first-order valence-corrected chi connectivity index (χ1v) is 7.06. The molecule has 0 amide bonds. The number of carbonyl (C=O) groups excluding carboxylic acids is 1. The summed E-state index contributed by atoms with van der Waals surface area (Å²) in [5, 5.41) is 0. The molecule has 0 radical (unpaired) electrons. The van der Waals surface area contributed by atoms with E-state index in [2.05, 4.69) is 0 Å². The Morgan fingerprint density at radius 2 is 1.89 bits per heavy atom. The van der Waals surface area contributed by atoms with Gasteiger partial charge in [-0.25, -0.2) is 12.8 Å². The summed E-state index contributed by atoms with van der Waals surface area (Å²) in [4.78, 5) is 11.2. The lowest BCUT2D eigenvalue weighted by molar-refractivity contribution is -0.117. The molecule has 100 valence electrons. The molecular weight excluding hydrogens is 255 g/mol. The van der Waals surface area contributed by atoms with E-state index in [4.69, 9.17) is 0 Å². The number of aryl methyl sites for hydroxylation is 1. The molecule has 0 unspecified atom stereocenters. The molecule has 0 saturated heterocycles. The quantitative estimate of drug-likeness (QED) is 0.792. The largest absolute Gasteiger partial charge is 0.300 e. The number of hydrogen-bond acceptors (Lipinski definition) is 3. The van der Waals surface area contributed by atoms with E-state index in [0.29, 0.717) is 0 Å². The first-order chi connectivity index (χ1) is 8.08. The maximum absolute atomic E-state index is 13.1. The molecule has 1 rings (SSSR count). The van der Waals surface area contributed by atoms with E-state index in [1.807, 2.05) is 0 Å². The molecule has 0 atom stereocenters. The van der Waals surface area contributed by atoms with Crippen LogP contribution in [0.3, 0.4) is 0 Å². The summed E-state index contributed by atoms with van der Waals surface area (Å²) in [7, 11) is -3.66. The predicted molar refractivity (Wildman–Crippen MR) is 67.7 cm³/mol. The summed E-state index contributed by atoms with van der Waals surface area (Å²) < 4.78 is 36.7. The van der Waals surface area contributed by atoms with E-state index in [1.54, 1.807) is 0 Å². The van der Waals surface area contributed by atoms with Crippen LogP contribution in [0.15, 0.2) is 23.1 Å². The van der Waals surface area contributed by atoms with Crippen molar-refractivity contribution >= 4 is 15.6 Å². The van der Waals surface area contributed by atoms with Crippen molar-refractivity contribution in [1.29, 1.82) is 0 Å². The Labute approximate surface area is 107 Å². The summed E-state index contributed by atoms with van der Waals surface area (Å²) in [6.07, 6.45) is -0.0637. The zero-order valence-corrected chi connectivity index (χ0v) is 11.8. The number of rotatable bonds is 4. The van der Waals surface area contributed by atoms with Crippen LogP contribution in [0.5, 0.6) is 0 Å². The van der Waals surface area contributed by atoms with Gasteiger partial charge in [-0.1, -0.05) is 0 Å². The molecule has 0 aliphatic rings. The second-order valence-electron chi connectivity index (χ2n) is 5.05. The molecule has 1 aromatic carbocycles. The van der Waals surface area contributed by atoms with Gasteiger partial charge < -0.3 is 0 Å². The summed E-state index contributed by atoms with van der Waals surface area (Å²) in [6, 6.07) is 3.66. The van der Waals surface area contributed by atoms with Gasteiger partial charge in [0, 0.05) is 6.42 Å². The molecule has 5 heteroatoms. The smallest absolute Gasteiger partial charge is 0.183 e. The van der Waals surface area contributed by atoms with Gasteiger partial charge in [0.1, 0.15) is 11.6 Å². The SMILES string of the molecule is CC(=O)CC(C)(C)S(=O)(=O)c1ccc(F)c(C)c1. The van der Waals surface area contributed by atoms with Crippen LogP contribution in [0, 0.1) is 12.7 Å². The summed E-state index contributed by atoms with van der Waals surface area (Å²) >= 11 is 0. The minimum atomic E-state index is -3.66. The molecule has 0 aromatic heterocycles. The van der Waals surface area contributed by atoms with Gasteiger partial charge in [0.25, 0.3) is 0 Å². The Morgan fingerprint density at radius 3 is 2.33 bits per heavy atom. The van der Waals surface area contributed by atoms with Crippen LogP contribution < -0.4 is 0 Å². The molecule has 0 heterocycles. The number of halogens is 1. The fraction of sp³-hybridized carbons (Fsp3) is 0.462. The fourth-order valence-electron chi connectivity index (χ4n) is 1.80. The molecule has 0 saturated carbocycles. The van der Waals surface area contributed by atoms with Gasteiger partial charge in [-0.15, -0.1) is 0 Å². The Balaban J connectivity index is 3.29. The van der Waals surface area contributed by atoms with Crippen molar-refractivity contribution in [2.45, 2.75) is 43.8 Å². The van der Waals surface area contributed by atoms with Crippen LogP contribution in [0.1, 0.15) is 32.8 Å². The third kappa shape index (κ3) is 2.77. The second kappa shape index (κ2) is 4.80. The van der Waals surface area contributed by atoms with Crippen LogP contribution in [0.4, 0.5) is 4.39 Å². The number of Topliss-reactive ketones (excluding diaryl/α,β-unsaturated/α-hetero) is 1. The highest BCUT2D eigenvalue weighted by Crippen LogP contribution is 2.29. The van der Waals surface area contributed by atoms with Crippen LogP contribution in [-0.4, -0.2) is 18.9 Å². The minimum absolute atomic E-state index is 0.0488. The van der Waals surface area contributed by atoms with Crippen molar-refractivity contribution in [3.05, 3.63) is 29.6 Å². The highest BCUT2D eigenvalue weighted by Gasteiger charge is 2.36. The predicted octanol–water partition coefficient (Wildman–Crippen LogP) is 2.67. The number of benzene rings is 1. The normalized spacial score (nSPS) is 12.5. The molecular formula is C13H17FO3S. The van der Waals surface area contributed by atoms with Gasteiger partial charge in [-0.2, -0.15) is 0 Å². The fourth-order valence-corrected chi connectivity index (χ4v) is 3.41. The lowest BCUT2D eigenvalue weighted by atomic mass is 10.1. The van der Waals surface area contributed by atoms with Gasteiger partial charge in [0.05, 0.1) is 9.64 Å². The van der Waals surface area contributed by atoms with Crippen LogP contribution >= 0.6 is 0 Å². The first-order valence-electron chi connectivity index (χ1n) is 5.58. The number of carbonyl (C=O) groups is 1. The first kappa shape index (κ1) is 14.8. The summed E-state index contributed by atoms with van der Waals surface area (Å²) in [5.74, 6) is -0.638. The van der Waals surface area contributed by atoms with E-state index >= 15 is 0 Å². The molecule has 18 heavy (non-hydrogen) atoms. The lowest BCUT2D eigenvalue weighted by Crippen LogP contribution is -2.34. The van der Waals surface area contributed by atoms with Crippen LogP contribution in [0.2, 0.25) is 0 Å². The van der Waals surface area contributed by atoms with Crippen molar-refractivity contribution in [2.75, 3.05) is 0 Å². The van der Waals surface area contributed by atoms with E-state index in [0.717, 1.165) is 6.07 Å². The Hall–Kier alpha value is -1.23. The maximum atomic E-state index is 13.1. The van der Waals surface area contributed by atoms with Gasteiger partial charge >= 0.3 is 0 Å². The van der Waals surface area contributed by atoms with Gasteiger partial charge in [0.15, 0.2) is 9.84 Å². The number of sulfone groups is 1. The minimum Gasteiger partial charge on any atom is -0.300 e. The van der Waals surface area contributed by atoms with Gasteiger partial charge in [-0.05, 0) is 51.5 Å². The third-order valence-electron chi connectivity index (χ3n) is 2.84. The summed E-state index contributed by atoms with van der Waals surface area (Å²) in [5.41, 5.74) is 0.273. The molecule has 0 bridgehead atoms. The van der Waals surface area contributed by atoms with E-state index in [9.17, 15) is 17.6 Å². The molecule has 3 nitrogen and oxygen atoms in total. The third-order valence-corrected chi connectivity index (χ3v) is 5.32. The Kier molecular flexibility index (Phi) is 3.96. The number of hydrogen-bond donors (Lipinski definition) is 0. The maximum Gasteiger partial charge on any atom is 0.183 e. The monoisotopic (exact) mass is 272 g/mol. The van der Waals surface area contributed by atoms with Crippen LogP contribution in [-0.2, 0) is 14.6 Å². The number of ketones is 1. The second-order valence-corrected chi connectivity index (χ2v) is 7.64. The average Bonchev–Trinajstić information content (AvgIpc) is 2.19. The zero-order valence-electron chi connectivity index (χ0n) is 11.0. The van der Waals surface area contributed by atoms with Crippen molar-refractivity contribution in [2.24, 2.45) is 0 Å². The molecule has 0 aliphatic heterocycles. The average molecular weight is 272 g/mol. The van der Waals surface area contributed by atoms with Crippen molar-refractivity contribution < 1.29 is 17.6 Å². The van der Waals surface area contributed by atoms with Gasteiger partial charge in [-0.3, -0.25) is 4.79 Å².